The molecule has 1 aromatic heterocycles. The Morgan fingerprint density at radius 2 is 2.25 bits per heavy atom. The summed E-state index contributed by atoms with van der Waals surface area (Å²) in [7, 11) is 0. The van der Waals surface area contributed by atoms with Crippen molar-refractivity contribution < 1.29 is 5.11 Å². The van der Waals surface area contributed by atoms with E-state index in [1.807, 2.05) is 19.1 Å². The second kappa shape index (κ2) is 4.96. The van der Waals surface area contributed by atoms with Gasteiger partial charge in [-0.25, -0.2) is 0 Å². The minimum atomic E-state index is -0.373. The summed E-state index contributed by atoms with van der Waals surface area (Å²) in [6.07, 6.45) is 6.25. The van der Waals surface area contributed by atoms with E-state index < -0.39 is 0 Å². The number of nitrogens with zero attached hydrogens (tertiary/aromatic N) is 1. The minimum Gasteiger partial charge on any atom is -0.387 e. The Labute approximate surface area is 97.7 Å². The summed E-state index contributed by atoms with van der Waals surface area (Å²) < 4.78 is 0. The zero-order valence-corrected chi connectivity index (χ0v) is 10.2. The summed E-state index contributed by atoms with van der Waals surface area (Å²) >= 11 is 0. The highest BCUT2D eigenvalue weighted by atomic mass is 16.3. The van der Waals surface area contributed by atoms with Gasteiger partial charge in [-0.1, -0.05) is 19.8 Å². The lowest BCUT2D eigenvalue weighted by Gasteiger charge is -2.30. The second-order valence-corrected chi connectivity index (χ2v) is 5.23. The maximum absolute atomic E-state index is 10.3. The molecule has 1 heterocycles. The van der Waals surface area contributed by atoms with E-state index in [0.717, 1.165) is 24.5 Å². The summed E-state index contributed by atoms with van der Waals surface area (Å²) in [6, 6.07) is 3.98. The van der Waals surface area contributed by atoms with Crippen molar-refractivity contribution in [1.29, 1.82) is 0 Å². The van der Waals surface area contributed by atoms with Crippen molar-refractivity contribution in [2.24, 2.45) is 11.8 Å². The quantitative estimate of drug-likeness (QED) is 0.828. The third kappa shape index (κ3) is 2.62. The number of aryl methyl sites for hydroxylation is 1. The molecule has 0 aromatic carbocycles. The first-order chi connectivity index (χ1) is 7.66. The highest BCUT2D eigenvalue weighted by Gasteiger charge is 2.26. The van der Waals surface area contributed by atoms with Gasteiger partial charge >= 0.3 is 0 Å². The molecule has 2 rings (SSSR count). The largest absolute Gasteiger partial charge is 0.387 e. The van der Waals surface area contributed by atoms with Crippen LogP contribution in [0.2, 0.25) is 0 Å². The van der Waals surface area contributed by atoms with Gasteiger partial charge in [-0.3, -0.25) is 4.98 Å². The van der Waals surface area contributed by atoms with Crippen molar-refractivity contribution in [3.05, 3.63) is 29.6 Å². The average molecular weight is 219 g/mol. The number of hydrogen-bond donors (Lipinski definition) is 1. The molecule has 1 saturated carbocycles. The van der Waals surface area contributed by atoms with Gasteiger partial charge in [0.1, 0.15) is 0 Å². The van der Waals surface area contributed by atoms with Crippen LogP contribution in [0.15, 0.2) is 18.3 Å². The van der Waals surface area contributed by atoms with Gasteiger partial charge in [0.25, 0.3) is 0 Å². The highest BCUT2D eigenvalue weighted by molar-refractivity contribution is 5.16. The molecular formula is C14H21NO. The van der Waals surface area contributed by atoms with Crippen LogP contribution in [0.25, 0.3) is 0 Å². The number of aliphatic hydroxyl groups excluding tert-OH is 1. The lowest BCUT2D eigenvalue weighted by atomic mass is 9.79. The van der Waals surface area contributed by atoms with Gasteiger partial charge in [0.2, 0.25) is 0 Å². The lowest BCUT2D eigenvalue weighted by Crippen LogP contribution is -2.20. The van der Waals surface area contributed by atoms with Crippen molar-refractivity contribution in [2.75, 3.05) is 0 Å². The van der Waals surface area contributed by atoms with Gasteiger partial charge in [-0.15, -0.1) is 0 Å². The van der Waals surface area contributed by atoms with E-state index in [1.54, 1.807) is 6.20 Å². The smallest absolute Gasteiger partial charge is 0.0987 e. The summed E-state index contributed by atoms with van der Waals surface area (Å²) in [5.74, 6) is 1.15. The summed E-state index contributed by atoms with van der Waals surface area (Å²) in [5.41, 5.74) is 2.02. The fraction of sp³-hybridized carbons (Fsp3) is 0.643. The minimum absolute atomic E-state index is 0.373. The number of rotatable bonds is 2. The topological polar surface area (TPSA) is 33.1 Å². The molecule has 1 aromatic rings. The van der Waals surface area contributed by atoms with E-state index in [-0.39, 0.29) is 6.10 Å². The van der Waals surface area contributed by atoms with E-state index in [9.17, 15) is 5.11 Å². The molecule has 1 aliphatic carbocycles. The summed E-state index contributed by atoms with van der Waals surface area (Å²) in [6.45, 7) is 4.32. The normalized spacial score (nSPS) is 27.7. The van der Waals surface area contributed by atoms with E-state index >= 15 is 0 Å². The van der Waals surface area contributed by atoms with Crippen molar-refractivity contribution in [2.45, 2.75) is 45.6 Å². The Bertz CT molecular complexity index is 350. The summed E-state index contributed by atoms with van der Waals surface area (Å²) in [5, 5.41) is 10.3. The van der Waals surface area contributed by atoms with Crippen LogP contribution >= 0.6 is 0 Å². The molecule has 2 nitrogen and oxygen atoms in total. The van der Waals surface area contributed by atoms with Gasteiger partial charge in [-0.2, -0.15) is 0 Å². The van der Waals surface area contributed by atoms with Gasteiger partial charge < -0.3 is 5.11 Å². The SMILES string of the molecule is Cc1ccnc(C(O)C2CCCC(C)C2)c1. The first-order valence-corrected chi connectivity index (χ1v) is 6.27. The van der Waals surface area contributed by atoms with E-state index in [2.05, 4.69) is 11.9 Å². The molecule has 0 aliphatic heterocycles. The summed E-state index contributed by atoms with van der Waals surface area (Å²) in [4.78, 5) is 4.29. The Morgan fingerprint density at radius 3 is 2.94 bits per heavy atom. The molecule has 1 aliphatic rings. The van der Waals surface area contributed by atoms with E-state index in [1.165, 1.54) is 18.4 Å². The van der Waals surface area contributed by atoms with Gasteiger partial charge in [0.05, 0.1) is 11.8 Å². The Balaban J connectivity index is 2.09. The highest BCUT2D eigenvalue weighted by Crippen LogP contribution is 2.36. The van der Waals surface area contributed by atoms with Crippen LogP contribution in [-0.2, 0) is 0 Å². The lowest BCUT2D eigenvalue weighted by molar-refractivity contribution is 0.0680. The van der Waals surface area contributed by atoms with Crippen LogP contribution in [0.5, 0.6) is 0 Å². The van der Waals surface area contributed by atoms with Crippen molar-refractivity contribution in [1.82, 2.24) is 4.98 Å². The third-order valence-corrected chi connectivity index (χ3v) is 3.66. The van der Waals surface area contributed by atoms with Crippen molar-refractivity contribution >= 4 is 0 Å². The molecule has 16 heavy (non-hydrogen) atoms. The number of hydrogen-bond acceptors (Lipinski definition) is 2. The monoisotopic (exact) mass is 219 g/mol. The van der Waals surface area contributed by atoms with Crippen LogP contribution < -0.4 is 0 Å². The predicted octanol–water partition coefficient (Wildman–Crippen LogP) is 3.25. The van der Waals surface area contributed by atoms with Gasteiger partial charge in [0.15, 0.2) is 0 Å². The van der Waals surface area contributed by atoms with Gasteiger partial charge in [-0.05, 0) is 49.3 Å². The first-order valence-electron chi connectivity index (χ1n) is 6.27. The molecule has 3 atom stereocenters. The van der Waals surface area contributed by atoms with Crippen molar-refractivity contribution in [3.8, 4) is 0 Å². The standard InChI is InChI=1S/C14H21NO/c1-10-4-3-5-12(8-10)14(16)13-9-11(2)6-7-15-13/h6-7,9-10,12,14,16H,3-5,8H2,1-2H3. The zero-order chi connectivity index (χ0) is 11.5. The van der Waals surface area contributed by atoms with Gasteiger partial charge in [0, 0.05) is 6.20 Å². The molecule has 1 N–H and O–H groups in total. The van der Waals surface area contributed by atoms with Crippen LogP contribution in [0.4, 0.5) is 0 Å². The average Bonchev–Trinajstić information content (AvgIpc) is 2.28. The third-order valence-electron chi connectivity index (χ3n) is 3.66. The van der Waals surface area contributed by atoms with E-state index in [0.29, 0.717) is 5.92 Å². The maximum atomic E-state index is 10.3. The zero-order valence-electron chi connectivity index (χ0n) is 10.2. The molecule has 2 heteroatoms. The molecule has 0 saturated heterocycles. The Morgan fingerprint density at radius 1 is 1.44 bits per heavy atom. The number of aromatic nitrogens is 1. The first kappa shape index (κ1) is 11.6. The molecule has 3 unspecified atom stereocenters. The second-order valence-electron chi connectivity index (χ2n) is 5.23. The molecule has 1 fully saturated rings. The maximum Gasteiger partial charge on any atom is 0.0987 e. The van der Waals surface area contributed by atoms with E-state index in [4.69, 9.17) is 0 Å². The molecule has 0 spiro atoms. The molecule has 88 valence electrons. The van der Waals surface area contributed by atoms with Crippen LogP contribution in [0.1, 0.15) is 50.0 Å². The molecule has 0 radical (unpaired) electrons. The fourth-order valence-electron chi connectivity index (χ4n) is 2.73. The number of pyridine rings is 1. The molecule has 0 amide bonds. The predicted molar refractivity (Wildman–Crippen MR) is 65.1 cm³/mol. The fourth-order valence-corrected chi connectivity index (χ4v) is 2.73. The number of aliphatic hydroxyl groups is 1. The van der Waals surface area contributed by atoms with Crippen molar-refractivity contribution in [3.63, 3.8) is 0 Å². The van der Waals surface area contributed by atoms with Crippen LogP contribution in [0, 0.1) is 18.8 Å². The Hall–Kier alpha value is -0.890. The van der Waals surface area contributed by atoms with Crippen LogP contribution in [-0.4, -0.2) is 10.1 Å². The molecular weight excluding hydrogens is 198 g/mol. The van der Waals surface area contributed by atoms with Crippen LogP contribution in [0.3, 0.4) is 0 Å². The Kier molecular flexibility index (Phi) is 3.59. The molecule has 0 bridgehead atoms.